The third-order valence-corrected chi connectivity index (χ3v) is 2.41. The maximum atomic E-state index is 9.57. The van der Waals surface area contributed by atoms with Crippen molar-refractivity contribution in [1.82, 2.24) is 4.90 Å². The van der Waals surface area contributed by atoms with Crippen LogP contribution in [-0.2, 0) is 0 Å². The van der Waals surface area contributed by atoms with Crippen LogP contribution in [0.1, 0.15) is 26.2 Å². The minimum absolute atomic E-state index is 0.308. The van der Waals surface area contributed by atoms with Crippen molar-refractivity contribution in [2.45, 2.75) is 38.5 Å². The molecule has 3 heteroatoms. The number of rotatable bonds is 3. The van der Waals surface area contributed by atoms with Gasteiger partial charge in [-0.1, -0.05) is 0 Å². The Hall–Kier alpha value is -0.120. The van der Waals surface area contributed by atoms with E-state index in [-0.39, 0.29) is 6.23 Å². The lowest BCUT2D eigenvalue weighted by atomic mass is 10.2. The van der Waals surface area contributed by atoms with E-state index in [1.165, 1.54) is 12.8 Å². The Bertz CT molecular complexity index is 119. The zero-order valence-electron chi connectivity index (χ0n) is 7.16. The summed E-state index contributed by atoms with van der Waals surface area (Å²) in [5, 5.41) is 9.57. The van der Waals surface area contributed by atoms with Gasteiger partial charge in [-0.25, -0.2) is 0 Å². The van der Waals surface area contributed by atoms with E-state index in [0.717, 1.165) is 6.54 Å². The highest BCUT2D eigenvalue weighted by atomic mass is 16.3. The summed E-state index contributed by atoms with van der Waals surface area (Å²) in [6.45, 7) is 3.76. The Morgan fingerprint density at radius 2 is 2.45 bits per heavy atom. The average Bonchev–Trinajstić information content (AvgIpc) is 2.36. The average molecular weight is 158 g/mol. The van der Waals surface area contributed by atoms with E-state index in [4.69, 9.17) is 5.73 Å². The monoisotopic (exact) mass is 158 g/mol. The Morgan fingerprint density at radius 3 is 2.91 bits per heavy atom. The van der Waals surface area contributed by atoms with Crippen molar-refractivity contribution in [3.05, 3.63) is 0 Å². The van der Waals surface area contributed by atoms with Crippen LogP contribution in [0.2, 0.25) is 0 Å². The summed E-state index contributed by atoms with van der Waals surface area (Å²) in [4.78, 5) is 2.13. The number of likely N-dealkylation sites (tertiary alicyclic amines) is 1. The summed E-state index contributed by atoms with van der Waals surface area (Å²) >= 11 is 0. The van der Waals surface area contributed by atoms with Gasteiger partial charge in [0.15, 0.2) is 0 Å². The molecule has 0 radical (unpaired) electrons. The molecule has 0 bridgehead atoms. The highest BCUT2D eigenvalue weighted by Crippen LogP contribution is 2.19. The van der Waals surface area contributed by atoms with Crippen molar-refractivity contribution in [3.63, 3.8) is 0 Å². The number of hydrogen-bond donors (Lipinski definition) is 2. The molecule has 1 fully saturated rings. The van der Waals surface area contributed by atoms with Crippen LogP contribution >= 0.6 is 0 Å². The maximum Gasteiger partial charge on any atom is 0.108 e. The molecule has 3 N–H and O–H groups in total. The van der Waals surface area contributed by atoms with E-state index < -0.39 is 0 Å². The number of nitrogens with two attached hydrogens (primary N) is 1. The fourth-order valence-electron chi connectivity index (χ4n) is 1.71. The van der Waals surface area contributed by atoms with Gasteiger partial charge in [0, 0.05) is 12.6 Å². The van der Waals surface area contributed by atoms with E-state index in [0.29, 0.717) is 19.0 Å². The predicted octanol–water partition coefficient (Wildman–Crippen LogP) is 0.138. The first-order valence-electron chi connectivity index (χ1n) is 4.39. The van der Waals surface area contributed by atoms with Crippen LogP contribution in [0.4, 0.5) is 0 Å². The lowest BCUT2D eigenvalue weighted by Crippen LogP contribution is -2.38. The zero-order valence-corrected chi connectivity index (χ0v) is 7.16. The van der Waals surface area contributed by atoms with Crippen LogP contribution < -0.4 is 5.73 Å². The van der Waals surface area contributed by atoms with E-state index >= 15 is 0 Å². The fourth-order valence-corrected chi connectivity index (χ4v) is 1.71. The standard InChI is InChI=1S/C8H18N2O/c1-7-3-2-6-10(7)8(11)4-5-9/h7-8,11H,2-6,9H2,1H3/t7-,8?/m1/s1. The second-order valence-corrected chi connectivity index (χ2v) is 3.29. The summed E-state index contributed by atoms with van der Waals surface area (Å²) in [5.74, 6) is 0. The third-order valence-electron chi connectivity index (χ3n) is 2.41. The van der Waals surface area contributed by atoms with E-state index in [2.05, 4.69) is 11.8 Å². The predicted molar refractivity (Wildman–Crippen MR) is 45.1 cm³/mol. The van der Waals surface area contributed by atoms with Crippen molar-refractivity contribution >= 4 is 0 Å². The van der Waals surface area contributed by atoms with Gasteiger partial charge in [-0.2, -0.15) is 0 Å². The van der Waals surface area contributed by atoms with Gasteiger partial charge in [-0.3, -0.25) is 4.90 Å². The van der Waals surface area contributed by atoms with Crippen LogP contribution in [0.25, 0.3) is 0 Å². The largest absolute Gasteiger partial charge is 0.378 e. The van der Waals surface area contributed by atoms with Crippen molar-refractivity contribution in [1.29, 1.82) is 0 Å². The molecule has 0 aromatic rings. The Labute approximate surface area is 68.2 Å². The van der Waals surface area contributed by atoms with Crippen LogP contribution in [0.5, 0.6) is 0 Å². The molecule has 1 unspecified atom stereocenters. The molecule has 0 aromatic carbocycles. The summed E-state index contributed by atoms with van der Waals surface area (Å²) in [7, 11) is 0. The number of hydrogen-bond acceptors (Lipinski definition) is 3. The van der Waals surface area contributed by atoms with Crippen LogP contribution in [0.3, 0.4) is 0 Å². The van der Waals surface area contributed by atoms with E-state index in [1.54, 1.807) is 0 Å². The van der Waals surface area contributed by atoms with Crippen LogP contribution in [0, 0.1) is 0 Å². The number of aliphatic hydroxyl groups is 1. The first-order chi connectivity index (χ1) is 5.25. The molecule has 2 atom stereocenters. The van der Waals surface area contributed by atoms with E-state index in [1.807, 2.05) is 0 Å². The smallest absolute Gasteiger partial charge is 0.108 e. The Morgan fingerprint density at radius 1 is 1.73 bits per heavy atom. The molecule has 0 amide bonds. The molecule has 66 valence electrons. The van der Waals surface area contributed by atoms with E-state index in [9.17, 15) is 5.11 Å². The molecule has 1 aliphatic heterocycles. The molecule has 0 aliphatic carbocycles. The second kappa shape index (κ2) is 4.04. The number of aliphatic hydroxyl groups excluding tert-OH is 1. The molecule has 3 nitrogen and oxygen atoms in total. The molecule has 11 heavy (non-hydrogen) atoms. The summed E-state index contributed by atoms with van der Waals surface area (Å²) in [6.07, 6.45) is 2.81. The van der Waals surface area contributed by atoms with Crippen molar-refractivity contribution in [2.75, 3.05) is 13.1 Å². The molecular weight excluding hydrogens is 140 g/mol. The minimum Gasteiger partial charge on any atom is -0.378 e. The van der Waals surface area contributed by atoms with Crippen molar-refractivity contribution in [3.8, 4) is 0 Å². The van der Waals surface area contributed by atoms with Gasteiger partial charge in [0.1, 0.15) is 6.23 Å². The van der Waals surface area contributed by atoms with Gasteiger partial charge < -0.3 is 10.8 Å². The van der Waals surface area contributed by atoms with Crippen LogP contribution in [-0.4, -0.2) is 35.4 Å². The van der Waals surface area contributed by atoms with Gasteiger partial charge in [0.05, 0.1) is 0 Å². The first kappa shape index (κ1) is 8.97. The molecule has 1 aliphatic rings. The molecule has 0 saturated carbocycles. The molecule has 1 rings (SSSR count). The summed E-state index contributed by atoms with van der Waals surface area (Å²) in [5.41, 5.74) is 5.36. The SMILES string of the molecule is C[C@@H]1CCCN1C(O)CCN. The Balaban J connectivity index is 2.33. The molecular formula is C8H18N2O. The number of nitrogens with zero attached hydrogens (tertiary/aromatic N) is 1. The normalized spacial score (nSPS) is 29.2. The highest BCUT2D eigenvalue weighted by Gasteiger charge is 2.25. The van der Waals surface area contributed by atoms with Gasteiger partial charge in [-0.05, 0) is 32.7 Å². The van der Waals surface area contributed by atoms with Crippen molar-refractivity contribution < 1.29 is 5.11 Å². The topological polar surface area (TPSA) is 49.5 Å². The van der Waals surface area contributed by atoms with Gasteiger partial charge >= 0.3 is 0 Å². The molecule has 1 saturated heterocycles. The van der Waals surface area contributed by atoms with Gasteiger partial charge in [0.2, 0.25) is 0 Å². The summed E-state index contributed by atoms with van der Waals surface area (Å²) < 4.78 is 0. The van der Waals surface area contributed by atoms with Gasteiger partial charge in [-0.15, -0.1) is 0 Å². The fraction of sp³-hybridized carbons (Fsp3) is 1.00. The van der Waals surface area contributed by atoms with Gasteiger partial charge in [0.25, 0.3) is 0 Å². The minimum atomic E-state index is -0.308. The first-order valence-corrected chi connectivity index (χ1v) is 4.39. The molecule has 1 heterocycles. The highest BCUT2D eigenvalue weighted by molar-refractivity contribution is 4.77. The maximum absolute atomic E-state index is 9.57. The molecule has 0 aromatic heterocycles. The lowest BCUT2D eigenvalue weighted by Gasteiger charge is -2.26. The Kier molecular flexibility index (Phi) is 3.30. The third kappa shape index (κ3) is 2.15. The zero-order chi connectivity index (χ0) is 8.27. The second-order valence-electron chi connectivity index (χ2n) is 3.29. The lowest BCUT2D eigenvalue weighted by molar-refractivity contribution is -0.00473. The summed E-state index contributed by atoms with van der Waals surface area (Å²) in [6, 6.07) is 0.538. The van der Waals surface area contributed by atoms with Crippen molar-refractivity contribution in [2.24, 2.45) is 5.73 Å². The van der Waals surface area contributed by atoms with Crippen LogP contribution in [0.15, 0.2) is 0 Å². The molecule has 0 spiro atoms. The quantitative estimate of drug-likeness (QED) is 0.614.